The van der Waals surface area contributed by atoms with Gasteiger partial charge < -0.3 is 15.3 Å². The van der Waals surface area contributed by atoms with E-state index in [0.717, 1.165) is 27.7 Å². The highest BCUT2D eigenvalue weighted by Crippen LogP contribution is 2.38. The molecule has 1 aliphatic rings. The van der Waals surface area contributed by atoms with Crippen molar-refractivity contribution in [3.8, 4) is 5.75 Å². The molecule has 0 radical (unpaired) electrons. The summed E-state index contributed by atoms with van der Waals surface area (Å²) in [4.78, 5) is 14.6. The number of hydrogen-bond donors (Lipinski definition) is 2. The number of phenols is 1. The Balaban J connectivity index is 1.42. The van der Waals surface area contributed by atoms with Crippen molar-refractivity contribution in [2.75, 3.05) is 17.3 Å². The Bertz CT molecular complexity index is 1460. The second-order valence-corrected chi connectivity index (χ2v) is 9.76. The van der Waals surface area contributed by atoms with E-state index < -0.39 is 9.84 Å². The van der Waals surface area contributed by atoms with Crippen molar-refractivity contribution >= 4 is 37.9 Å². The van der Waals surface area contributed by atoms with Gasteiger partial charge in [0.15, 0.2) is 0 Å². The number of hydrogen-bond acceptors (Lipinski definition) is 5. The number of aromatic hydroxyl groups is 1. The summed E-state index contributed by atoms with van der Waals surface area (Å²) < 4.78 is 25.6. The van der Waals surface area contributed by atoms with Crippen LogP contribution in [0.25, 0.3) is 10.8 Å². The van der Waals surface area contributed by atoms with Crippen LogP contribution in [0.5, 0.6) is 5.75 Å². The summed E-state index contributed by atoms with van der Waals surface area (Å²) in [6.07, 6.45) is 0. The second-order valence-electron chi connectivity index (χ2n) is 7.81. The summed E-state index contributed by atoms with van der Waals surface area (Å²) in [7, 11) is -1.69. The standard InChI is InChI=1S/C25H20N2O4S/c1-27(23-14-13-22-24-20(23)3-2-4-21(24)25(29)26-22)15-16-5-9-18(10-6-16)32(30,31)19-11-7-17(28)8-12-19/h2-14,28H,15H2,1H3,(H,26,29). The number of anilines is 2. The minimum absolute atomic E-state index is 0.0190. The summed E-state index contributed by atoms with van der Waals surface area (Å²) >= 11 is 0. The van der Waals surface area contributed by atoms with Crippen LogP contribution >= 0.6 is 0 Å². The van der Waals surface area contributed by atoms with Gasteiger partial charge in [0.05, 0.1) is 9.79 Å². The van der Waals surface area contributed by atoms with Crippen molar-refractivity contribution < 1.29 is 18.3 Å². The lowest BCUT2D eigenvalue weighted by atomic mass is 10.0. The number of benzene rings is 4. The van der Waals surface area contributed by atoms with Gasteiger partial charge in [0, 0.05) is 41.3 Å². The summed E-state index contributed by atoms with van der Waals surface area (Å²) in [5.41, 5.74) is 3.44. The number of nitrogens with zero attached hydrogens (tertiary/aromatic N) is 1. The molecule has 0 saturated carbocycles. The van der Waals surface area contributed by atoms with Crippen LogP contribution in [0.1, 0.15) is 15.9 Å². The van der Waals surface area contributed by atoms with Crippen LogP contribution in [0.2, 0.25) is 0 Å². The highest BCUT2D eigenvalue weighted by molar-refractivity contribution is 7.91. The quantitative estimate of drug-likeness (QED) is 0.471. The topological polar surface area (TPSA) is 86.7 Å². The van der Waals surface area contributed by atoms with Gasteiger partial charge in [-0.05, 0) is 60.2 Å². The van der Waals surface area contributed by atoms with E-state index in [1.807, 2.05) is 37.4 Å². The van der Waals surface area contributed by atoms with Crippen LogP contribution in [0.4, 0.5) is 11.4 Å². The van der Waals surface area contributed by atoms with Crippen molar-refractivity contribution in [1.82, 2.24) is 0 Å². The van der Waals surface area contributed by atoms with Gasteiger partial charge in [-0.25, -0.2) is 8.42 Å². The lowest BCUT2D eigenvalue weighted by Gasteiger charge is -2.22. The molecule has 4 aromatic rings. The van der Waals surface area contributed by atoms with Crippen LogP contribution in [0.3, 0.4) is 0 Å². The number of carbonyl (C=O) groups excluding carboxylic acids is 1. The molecule has 0 saturated heterocycles. The maximum absolute atomic E-state index is 12.8. The van der Waals surface area contributed by atoms with E-state index >= 15 is 0 Å². The zero-order valence-electron chi connectivity index (χ0n) is 17.2. The Morgan fingerprint density at radius 3 is 2.22 bits per heavy atom. The highest BCUT2D eigenvalue weighted by atomic mass is 32.2. The molecule has 0 aromatic heterocycles. The van der Waals surface area contributed by atoms with Crippen molar-refractivity contribution in [1.29, 1.82) is 0 Å². The summed E-state index contributed by atoms with van der Waals surface area (Å²) in [5.74, 6) is -0.0682. The van der Waals surface area contributed by atoms with E-state index in [1.54, 1.807) is 24.3 Å². The van der Waals surface area contributed by atoms with Gasteiger partial charge in [-0.2, -0.15) is 0 Å². The van der Waals surface area contributed by atoms with Crippen LogP contribution in [0, 0.1) is 0 Å². The minimum atomic E-state index is -3.65. The summed E-state index contributed by atoms with van der Waals surface area (Å²) in [6.45, 7) is 0.569. The fourth-order valence-electron chi connectivity index (χ4n) is 4.10. The Kier molecular flexibility index (Phi) is 4.64. The average molecular weight is 445 g/mol. The largest absolute Gasteiger partial charge is 0.508 e. The zero-order chi connectivity index (χ0) is 22.5. The van der Waals surface area contributed by atoms with E-state index in [1.165, 1.54) is 24.3 Å². The van der Waals surface area contributed by atoms with E-state index in [4.69, 9.17) is 0 Å². The lowest BCUT2D eigenvalue weighted by molar-refractivity contribution is 0.103. The molecule has 0 spiro atoms. The van der Waals surface area contributed by atoms with E-state index in [0.29, 0.717) is 12.1 Å². The fraction of sp³-hybridized carbons (Fsp3) is 0.0800. The SMILES string of the molecule is CN(Cc1ccc(S(=O)(=O)c2ccc(O)cc2)cc1)c1ccc2c3c(cccc13)C(=O)N2. The Hall–Kier alpha value is -3.84. The molecule has 7 heteroatoms. The molecule has 0 unspecified atom stereocenters. The predicted octanol–water partition coefficient (Wildman–Crippen LogP) is 4.58. The third kappa shape index (κ3) is 3.27. The minimum Gasteiger partial charge on any atom is -0.508 e. The van der Waals surface area contributed by atoms with Crippen molar-refractivity contribution in [2.24, 2.45) is 0 Å². The van der Waals surface area contributed by atoms with Gasteiger partial charge in [0.25, 0.3) is 5.91 Å². The van der Waals surface area contributed by atoms with Gasteiger partial charge >= 0.3 is 0 Å². The van der Waals surface area contributed by atoms with E-state index in [9.17, 15) is 18.3 Å². The number of carbonyl (C=O) groups is 1. The fourth-order valence-corrected chi connectivity index (χ4v) is 5.36. The van der Waals surface area contributed by atoms with Crippen molar-refractivity contribution in [3.05, 3.63) is 90.0 Å². The molecule has 0 aliphatic carbocycles. The van der Waals surface area contributed by atoms with Gasteiger partial charge in [-0.1, -0.05) is 24.3 Å². The predicted molar refractivity (Wildman–Crippen MR) is 124 cm³/mol. The van der Waals surface area contributed by atoms with Crippen molar-refractivity contribution in [3.63, 3.8) is 0 Å². The molecule has 32 heavy (non-hydrogen) atoms. The molecule has 0 fully saturated rings. The Morgan fingerprint density at radius 1 is 0.875 bits per heavy atom. The molecule has 160 valence electrons. The van der Waals surface area contributed by atoms with Crippen molar-refractivity contribution in [2.45, 2.75) is 16.3 Å². The van der Waals surface area contributed by atoms with Crippen LogP contribution in [-0.4, -0.2) is 26.5 Å². The molecule has 0 atom stereocenters. The molecule has 2 N–H and O–H groups in total. The van der Waals surface area contributed by atoms with E-state index in [2.05, 4.69) is 10.2 Å². The molecule has 1 amide bonds. The normalized spacial score (nSPS) is 12.7. The number of nitrogens with one attached hydrogen (secondary N) is 1. The summed E-state index contributed by atoms with van der Waals surface area (Å²) in [6, 6.07) is 21.9. The monoisotopic (exact) mass is 444 g/mol. The molecule has 5 rings (SSSR count). The van der Waals surface area contributed by atoms with Crippen LogP contribution in [0.15, 0.2) is 88.7 Å². The number of amides is 1. The van der Waals surface area contributed by atoms with Gasteiger partial charge in [0.1, 0.15) is 5.75 Å². The maximum atomic E-state index is 12.8. The molecular weight excluding hydrogens is 424 g/mol. The first-order valence-electron chi connectivity index (χ1n) is 10.1. The van der Waals surface area contributed by atoms with Gasteiger partial charge in [-0.3, -0.25) is 4.79 Å². The second kappa shape index (κ2) is 7.39. The molecular formula is C25H20N2O4S. The smallest absolute Gasteiger partial charge is 0.256 e. The molecule has 6 nitrogen and oxygen atoms in total. The molecule has 0 bridgehead atoms. The molecule has 4 aromatic carbocycles. The van der Waals surface area contributed by atoms with Gasteiger partial charge in [-0.15, -0.1) is 0 Å². The first-order valence-corrected chi connectivity index (χ1v) is 11.5. The van der Waals surface area contributed by atoms with Crippen LogP contribution < -0.4 is 10.2 Å². The van der Waals surface area contributed by atoms with Crippen LogP contribution in [-0.2, 0) is 16.4 Å². The number of phenolic OH excluding ortho intramolecular Hbond substituents is 1. The molecule has 1 heterocycles. The lowest BCUT2D eigenvalue weighted by Crippen LogP contribution is -2.16. The third-order valence-electron chi connectivity index (χ3n) is 5.72. The zero-order valence-corrected chi connectivity index (χ0v) is 18.1. The Labute approximate surface area is 185 Å². The van der Waals surface area contributed by atoms with E-state index in [-0.39, 0.29) is 21.4 Å². The Morgan fingerprint density at radius 2 is 1.53 bits per heavy atom. The highest BCUT2D eigenvalue weighted by Gasteiger charge is 2.23. The molecule has 1 aliphatic heterocycles. The summed E-state index contributed by atoms with van der Waals surface area (Å²) in [5, 5.41) is 14.2. The first kappa shape index (κ1) is 20.1. The van der Waals surface area contributed by atoms with Gasteiger partial charge in [0.2, 0.25) is 9.84 Å². The third-order valence-corrected chi connectivity index (χ3v) is 7.51. The number of rotatable bonds is 5. The average Bonchev–Trinajstić information content (AvgIpc) is 3.12. The number of sulfone groups is 1. The maximum Gasteiger partial charge on any atom is 0.256 e. The first-order chi connectivity index (χ1) is 15.3.